The summed E-state index contributed by atoms with van der Waals surface area (Å²) in [6.45, 7) is 1.03. The van der Waals surface area contributed by atoms with E-state index in [1.165, 1.54) is 42.8 Å². The summed E-state index contributed by atoms with van der Waals surface area (Å²) in [4.78, 5) is 0. The van der Waals surface area contributed by atoms with Gasteiger partial charge in [0.2, 0.25) is 0 Å². The molecule has 2 aromatic rings. The Balaban J connectivity index is 1.80. The number of hydrogen-bond donors (Lipinski definition) is 1. The van der Waals surface area contributed by atoms with Crippen molar-refractivity contribution in [2.75, 3.05) is 11.9 Å². The number of fused-ring (bicyclic) bond motifs is 1. The molecular weight excluding hydrogens is 270 g/mol. The second-order valence-electron chi connectivity index (χ2n) is 5.76. The summed E-state index contributed by atoms with van der Waals surface area (Å²) in [5.74, 6) is 1.85. The fourth-order valence-electron chi connectivity index (χ4n) is 3.50. The van der Waals surface area contributed by atoms with Gasteiger partial charge in [0, 0.05) is 23.0 Å². The summed E-state index contributed by atoms with van der Waals surface area (Å²) in [6, 6.07) is 7.92. The van der Waals surface area contributed by atoms with Crippen molar-refractivity contribution in [3.05, 3.63) is 40.5 Å². The van der Waals surface area contributed by atoms with E-state index in [4.69, 9.17) is 16.7 Å². The van der Waals surface area contributed by atoms with Gasteiger partial charge in [0.15, 0.2) is 0 Å². The van der Waals surface area contributed by atoms with Crippen molar-refractivity contribution in [1.82, 2.24) is 9.78 Å². The van der Waals surface area contributed by atoms with Gasteiger partial charge in [0.25, 0.3) is 0 Å². The van der Waals surface area contributed by atoms with Gasteiger partial charge < -0.3 is 5.32 Å². The predicted octanol–water partition coefficient (Wildman–Crippen LogP) is 4.15. The normalized spacial score (nSPS) is 18.2. The van der Waals surface area contributed by atoms with Crippen LogP contribution in [0.5, 0.6) is 0 Å². The molecule has 2 aliphatic rings. The van der Waals surface area contributed by atoms with E-state index in [0.717, 1.165) is 23.7 Å². The van der Waals surface area contributed by atoms with Crippen LogP contribution in [-0.4, -0.2) is 16.3 Å². The molecule has 0 unspecified atom stereocenters. The Morgan fingerprint density at radius 1 is 1.15 bits per heavy atom. The van der Waals surface area contributed by atoms with E-state index in [2.05, 4.69) is 10.00 Å². The molecule has 3 nitrogen and oxygen atoms in total. The van der Waals surface area contributed by atoms with Crippen LogP contribution in [0.25, 0.3) is 5.69 Å². The third kappa shape index (κ3) is 1.92. The van der Waals surface area contributed by atoms with E-state index in [1.807, 2.05) is 24.3 Å². The highest BCUT2D eigenvalue weighted by Gasteiger charge is 2.29. The second-order valence-corrected chi connectivity index (χ2v) is 6.20. The molecule has 2 heterocycles. The Labute approximate surface area is 123 Å². The standard InChI is InChI=1S/C16H18ClN3/c17-12-5-7-13(8-6-12)20-16-14(9-10-18-16)15(19-20)11-3-1-2-4-11/h5-8,11,18H,1-4,9-10H2. The number of nitrogens with zero attached hydrogens (tertiary/aromatic N) is 2. The molecule has 0 atom stereocenters. The van der Waals surface area contributed by atoms with Crippen LogP contribution in [0.4, 0.5) is 5.82 Å². The number of anilines is 1. The molecular formula is C16H18ClN3. The van der Waals surface area contributed by atoms with Gasteiger partial charge in [-0.05, 0) is 43.5 Å². The molecule has 1 aliphatic heterocycles. The van der Waals surface area contributed by atoms with E-state index in [1.54, 1.807) is 0 Å². The van der Waals surface area contributed by atoms with Gasteiger partial charge in [0.05, 0.1) is 11.4 Å². The third-order valence-corrected chi connectivity index (χ3v) is 4.75. The van der Waals surface area contributed by atoms with E-state index >= 15 is 0 Å². The number of halogens is 1. The highest BCUT2D eigenvalue weighted by atomic mass is 35.5. The highest BCUT2D eigenvalue weighted by Crippen LogP contribution is 2.39. The second kappa shape index (κ2) is 4.81. The van der Waals surface area contributed by atoms with Crippen LogP contribution in [0, 0.1) is 0 Å². The van der Waals surface area contributed by atoms with Crippen LogP contribution >= 0.6 is 11.6 Å². The maximum atomic E-state index is 5.98. The summed E-state index contributed by atoms with van der Waals surface area (Å²) in [7, 11) is 0. The molecule has 1 aliphatic carbocycles. The predicted molar refractivity (Wildman–Crippen MR) is 82.0 cm³/mol. The molecule has 4 heteroatoms. The lowest BCUT2D eigenvalue weighted by Gasteiger charge is -2.08. The maximum absolute atomic E-state index is 5.98. The Bertz CT molecular complexity index is 624. The Morgan fingerprint density at radius 3 is 2.65 bits per heavy atom. The number of benzene rings is 1. The van der Waals surface area contributed by atoms with Crippen LogP contribution in [-0.2, 0) is 6.42 Å². The Morgan fingerprint density at radius 2 is 1.90 bits per heavy atom. The minimum atomic E-state index is 0.664. The van der Waals surface area contributed by atoms with Gasteiger partial charge in [-0.1, -0.05) is 24.4 Å². The average Bonchev–Trinajstić information content (AvgIpc) is 3.16. The molecule has 0 radical (unpaired) electrons. The average molecular weight is 288 g/mol. The monoisotopic (exact) mass is 287 g/mol. The minimum absolute atomic E-state index is 0.664. The van der Waals surface area contributed by atoms with E-state index in [9.17, 15) is 0 Å². The molecule has 4 rings (SSSR count). The molecule has 0 bridgehead atoms. The van der Waals surface area contributed by atoms with Crippen LogP contribution in [0.1, 0.15) is 42.9 Å². The lowest BCUT2D eigenvalue weighted by molar-refractivity contribution is 0.670. The smallest absolute Gasteiger partial charge is 0.133 e. The highest BCUT2D eigenvalue weighted by molar-refractivity contribution is 6.30. The molecule has 1 aromatic carbocycles. The van der Waals surface area contributed by atoms with E-state index in [-0.39, 0.29) is 0 Å². The zero-order valence-electron chi connectivity index (χ0n) is 11.4. The quantitative estimate of drug-likeness (QED) is 0.899. The number of rotatable bonds is 2. The first-order chi connectivity index (χ1) is 9.83. The molecule has 104 valence electrons. The fraction of sp³-hybridized carbons (Fsp3) is 0.438. The van der Waals surface area contributed by atoms with Gasteiger partial charge in [-0.2, -0.15) is 5.10 Å². The van der Waals surface area contributed by atoms with Crippen molar-refractivity contribution < 1.29 is 0 Å². The molecule has 1 saturated carbocycles. The SMILES string of the molecule is Clc1ccc(-n2nc(C3CCCC3)c3c2NCC3)cc1. The van der Waals surface area contributed by atoms with E-state index < -0.39 is 0 Å². The molecule has 0 amide bonds. The van der Waals surface area contributed by atoms with Crippen molar-refractivity contribution in [1.29, 1.82) is 0 Å². The van der Waals surface area contributed by atoms with Crippen LogP contribution in [0.2, 0.25) is 5.02 Å². The zero-order chi connectivity index (χ0) is 13.5. The van der Waals surface area contributed by atoms with Crippen molar-refractivity contribution in [2.24, 2.45) is 0 Å². The lowest BCUT2D eigenvalue weighted by Crippen LogP contribution is -2.06. The van der Waals surface area contributed by atoms with Crippen LogP contribution < -0.4 is 5.32 Å². The lowest BCUT2D eigenvalue weighted by atomic mass is 9.99. The van der Waals surface area contributed by atoms with Crippen LogP contribution in [0.3, 0.4) is 0 Å². The van der Waals surface area contributed by atoms with Crippen molar-refractivity contribution in [3.63, 3.8) is 0 Å². The van der Waals surface area contributed by atoms with Crippen molar-refractivity contribution in [3.8, 4) is 5.69 Å². The number of hydrogen-bond acceptors (Lipinski definition) is 2. The summed E-state index contributed by atoms with van der Waals surface area (Å²) < 4.78 is 2.06. The minimum Gasteiger partial charge on any atom is -0.369 e. The van der Waals surface area contributed by atoms with Gasteiger partial charge in [-0.3, -0.25) is 0 Å². The summed E-state index contributed by atoms with van der Waals surface area (Å²) in [5.41, 5.74) is 3.86. The van der Waals surface area contributed by atoms with Gasteiger partial charge in [-0.25, -0.2) is 4.68 Å². The first kappa shape index (κ1) is 12.3. The zero-order valence-corrected chi connectivity index (χ0v) is 12.2. The van der Waals surface area contributed by atoms with Crippen molar-refractivity contribution >= 4 is 17.4 Å². The molecule has 1 fully saturated rings. The van der Waals surface area contributed by atoms with Gasteiger partial charge in [-0.15, -0.1) is 0 Å². The van der Waals surface area contributed by atoms with Crippen LogP contribution in [0.15, 0.2) is 24.3 Å². The topological polar surface area (TPSA) is 29.9 Å². The first-order valence-corrected chi connectivity index (χ1v) is 7.82. The molecule has 0 saturated heterocycles. The Hall–Kier alpha value is -1.48. The molecule has 1 aromatic heterocycles. The molecule has 0 spiro atoms. The molecule has 20 heavy (non-hydrogen) atoms. The first-order valence-electron chi connectivity index (χ1n) is 7.44. The van der Waals surface area contributed by atoms with Crippen molar-refractivity contribution in [2.45, 2.75) is 38.0 Å². The maximum Gasteiger partial charge on any atom is 0.133 e. The largest absolute Gasteiger partial charge is 0.369 e. The Kier molecular flexibility index (Phi) is 2.95. The molecule has 1 N–H and O–H groups in total. The van der Waals surface area contributed by atoms with Gasteiger partial charge in [0.1, 0.15) is 5.82 Å². The summed E-state index contributed by atoms with van der Waals surface area (Å²) >= 11 is 5.98. The summed E-state index contributed by atoms with van der Waals surface area (Å²) in [5, 5.41) is 9.18. The summed E-state index contributed by atoms with van der Waals surface area (Å²) in [6.07, 6.45) is 6.39. The van der Waals surface area contributed by atoms with Gasteiger partial charge >= 0.3 is 0 Å². The number of nitrogens with one attached hydrogen (secondary N) is 1. The fourth-order valence-corrected chi connectivity index (χ4v) is 3.62. The van der Waals surface area contributed by atoms with E-state index in [0.29, 0.717) is 5.92 Å². The number of aromatic nitrogens is 2. The third-order valence-electron chi connectivity index (χ3n) is 4.50.